The number of ether oxygens (including phenoxy) is 6. The maximum Gasteiger partial charge on any atom is 0.187 e. The van der Waals surface area contributed by atoms with Crippen molar-refractivity contribution in [3.8, 4) is 0 Å². The molecule has 3 aliphatic heterocycles. The lowest BCUT2D eigenvalue weighted by Gasteiger charge is -2.47. The minimum atomic E-state index is -1.67. The fourth-order valence-electron chi connectivity index (χ4n) is 7.00. The zero-order valence-electron chi connectivity index (χ0n) is 28.4. The molecule has 3 saturated heterocycles. The fraction of sp³-hybridized carbons (Fsp3) is 0.967. The summed E-state index contributed by atoms with van der Waals surface area (Å²) < 4.78 is 35.7. The van der Waals surface area contributed by atoms with E-state index in [2.05, 4.69) is 5.32 Å². The summed E-state index contributed by atoms with van der Waals surface area (Å²) >= 11 is 0. The second-order valence-corrected chi connectivity index (χ2v) is 13.7. The number of carbonyl (C=O) groups is 1. The molecule has 4 fully saturated rings. The van der Waals surface area contributed by atoms with Crippen molar-refractivity contribution in [2.75, 3.05) is 39.4 Å². The molecule has 0 aromatic heterocycles. The van der Waals surface area contributed by atoms with E-state index in [1.165, 1.54) is 0 Å². The predicted octanol–water partition coefficient (Wildman–Crippen LogP) is -8.29. The number of hydrogen-bond acceptors (Lipinski definition) is 21. The average molecular weight is 743 g/mol. The number of ketones is 1. The zero-order valence-corrected chi connectivity index (χ0v) is 28.4. The number of rotatable bonds is 17. The van der Waals surface area contributed by atoms with Gasteiger partial charge in [-0.15, -0.1) is 0 Å². The minimum absolute atomic E-state index is 0.0128. The molecule has 0 bridgehead atoms. The molecule has 4 aliphatic rings. The summed E-state index contributed by atoms with van der Waals surface area (Å²) in [7, 11) is 0. The molecule has 19 N–H and O–H groups in total. The van der Waals surface area contributed by atoms with E-state index in [1.807, 2.05) is 0 Å². The topological polar surface area (TPSA) is 376 Å². The molecule has 4 rings (SSSR count). The van der Waals surface area contributed by atoms with Gasteiger partial charge in [0.15, 0.2) is 24.7 Å². The number of aliphatic hydroxyl groups excluding tert-OH is 8. The summed E-state index contributed by atoms with van der Waals surface area (Å²) in [5.74, 6) is -1.42. The van der Waals surface area contributed by atoms with Gasteiger partial charge in [0, 0.05) is 32.1 Å². The van der Waals surface area contributed by atoms with Gasteiger partial charge in [0.1, 0.15) is 54.9 Å². The molecule has 51 heavy (non-hydrogen) atoms. The number of Topliss-reactive ketones (excluding diaryl/α,β-unsaturated/α-hetero) is 1. The SMILES string of the molecule is NCC[C@H](O)C(=O)C[C@@H]1C[C@H](N)[C@@H](O[C@H]2O[C@H](CNCCO)[C@@H](O)C[C@H]2N)[C@H](O[C@@H]2O[C@H](CO)[C@@H](O[C@H]3O[C@@H](CN)[C@@H](O)[C@H](O)[C@H]3N)[C@H]2O)[C@H]1O. The first-order valence-corrected chi connectivity index (χ1v) is 17.4. The van der Waals surface area contributed by atoms with Crippen LogP contribution in [0.15, 0.2) is 0 Å². The van der Waals surface area contributed by atoms with Crippen LogP contribution < -0.4 is 34.0 Å². The van der Waals surface area contributed by atoms with E-state index in [-0.39, 0.29) is 58.5 Å². The summed E-state index contributed by atoms with van der Waals surface area (Å²) in [5.41, 5.74) is 30.1. The Bertz CT molecular complexity index is 1070. The van der Waals surface area contributed by atoms with Crippen LogP contribution in [-0.4, -0.2) is 196 Å². The van der Waals surface area contributed by atoms with Crippen molar-refractivity contribution < 1.29 is 74.1 Å². The van der Waals surface area contributed by atoms with Crippen molar-refractivity contribution in [1.29, 1.82) is 0 Å². The number of hydrogen-bond donors (Lipinski definition) is 14. The summed E-state index contributed by atoms with van der Waals surface area (Å²) in [4.78, 5) is 12.8. The summed E-state index contributed by atoms with van der Waals surface area (Å²) in [5, 5.41) is 86.7. The van der Waals surface area contributed by atoms with Gasteiger partial charge in [0.2, 0.25) is 0 Å². The molecule has 19 atom stereocenters. The molecule has 0 spiro atoms. The van der Waals surface area contributed by atoms with Crippen molar-refractivity contribution >= 4 is 5.78 Å². The second-order valence-electron chi connectivity index (χ2n) is 13.7. The summed E-state index contributed by atoms with van der Waals surface area (Å²) in [6.07, 6.45) is -19.7. The predicted molar refractivity (Wildman–Crippen MR) is 173 cm³/mol. The smallest absolute Gasteiger partial charge is 0.187 e. The van der Waals surface area contributed by atoms with E-state index in [0.717, 1.165) is 0 Å². The van der Waals surface area contributed by atoms with E-state index >= 15 is 0 Å². The first-order chi connectivity index (χ1) is 24.3. The molecule has 1 aliphatic carbocycles. The van der Waals surface area contributed by atoms with Gasteiger partial charge in [0.25, 0.3) is 0 Å². The first kappa shape index (κ1) is 42.6. The third-order valence-electron chi connectivity index (χ3n) is 9.98. The van der Waals surface area contributed by atoms with Crippen LogP contribution in [0.5, 0.6) is 0 Å². The van der Waals surface area contributed by atoms with Gasteiger partial charge in [-0.3, -0.25) is 4.79 Å². The van der Waals surface area contributed by atoms with Crippen LogP contribution in [0.3, 0.4) is 0 Å². The normalized spacial score (nSPS) is 45.5. The Labute approximate surface area is 295 Å². The molecule has 0 aromatic rings. The molecule has 0 aromatic carbocycles. The number of aliphatic hydroxyl groups is 8. The fourth-order valence-corrected chi connectivity index (χ4v) is 7.00. The van der Waals surface area contributed by atoms with E-state index in [0.29, 0.717) is 0 Å². The zero-order chi connectivity index (χ0) is 37.6. The van der Waals surface area contributed by atoms with E-state index < -0.39 is 129 Å². The lowest BCUT2D eigenvalue weighted by Crippen LogP contribution is -2.64. The molecule has 298 valence electrons. The van der Waals surface area contributed by atoms with Gasteiger partial charge in [0.05, 0.1) is 43.6 Å². The van der Waals surface area contributed by atoms with Gasteiger partial charge < -0.3 is 103 Å². The van der Waals surface area contributed by atoms with Crippen molar-refractivity contribution in [2.45, 2.75) is 136 Å². The van der Waals surface area contributed by atoms with Gasteiger partial charge >= 0.3 is 0 Å². The molecule has 0 amide bonds. The maximum atomic E-state index is 12.8. The molecule has 0 radical (unpaired) electrons. The highest BCUT2D eigenvalue weighted by molar-refractivity contribution is 5.83. The highest BCUT2D eigenvalue weighted by Gasteiger charge is 2.54. The van der Waals surface area contributed by atoms with Gasteiger partial charge in [-0.1, -0.05) is 0 Å². The Morgan fingerprint density at radius 1 is 0.765 bits per heavy atom. The lowest BCUT2D eigenvalue weighted by atomic mass is 9.76. The number of nitrogens with two attached hydrogens (primary N) is 5. The van der Waals surface area contributed by atoms with Crippen LogP contribution in [0.25, 0.3) is 0 Å². The quantitative estimate of drug-likeness (QED) is 0.0615. The summed E-state index contributed by atoms with van der Waals surface area (Å²) in [6.45, 7) is -0.546. The third kappa shape index (κ3) is 10.1. The maximum absolute atomic E-state index is 12.8. The van der Waals surface area contributed by atoms with Gasteiger partial charge in [-0.25, -0.2) is 0 Å². The minimum Gasteiger partial charge on any atom is -0.395 e. The summed E-state index contributed by atoms with van der Waals surface area (Å²) in [6, 6.07) is -3.05. The Hall–Kier alpha value is -1.13. The highest BCUT2D eigenvalue weighted by Crippen LogP contribution is 2.37. The molecule has 1 saturated carbocycles. The highest BCUT2D eigenvalue weighted by atomic mass is 16.8. The van der Waals surface area contributed by atoms with Crippen molar-refractivity contribution in [3.05, 3.63) is 0 Å². The molecule has 21 nitrogen and oxygen atoms in total. The van der Waals surface area contributed by atoms with Crippen molar-refractivity contribution in [3.63, 3.8) is 0 Å². The van der Waals surface area contributed by atoms with Crippen LogP contribution >= 0.6 is 0 Å². The van der Waals surface area contributed by atoms with E-state index in [1.54, 1.807) is 0 Å². The Kier molecular flexibility index (Phi) is 16.3. The monoisotopic (exact) mass is 742 g/mol. The van der Waals surface area contributed by atoms with Crippen molar-refractivity contribution in [2.24, 2.45) is 34.6 Å². The Balaban J connectivity index is 1.55. The molecule has 0 unspecified atom stereocenters. The number of nitrogens with one attached hydrogen (secondary N) is 1. The van der Waals surface area contributed by atoms with Crippen LogP contribution in [0.1, 0.15) is 25.7 Å². The van der Waals surface area contributed by atoms with Crippen LogP contribution in [0.4, 0.5) is 0 Å². The average Bonchev–Trinajstić information content (AvgIpc) is 3.39. The Morgan fingerprint density at radius 2 is 1.41 bits per heavy atom. The third-order valence-corrected chi connectivity index (χ3v) is 9.98. The van der Waals surface area contributed by atoms with Crippen LogP contribution in [-0.2, 0) is 33.2 Å². The molecule has 3 heterocycles. The van der Waals surface area contributed by atoms with Gasteiger partial charge in [-0.2, -0.15) is 0 Å². The largest absolute Gasteiger partial charge is 0.395 e. The number of carbonyl (C=O) groups excluding carboxylic acids is 1. The van der Waals surface area contributed by atoms with Gasteiger partial charge in [-0.05, 0) is 31.7 Å². The molecular formula is C30H58N6O15. The lowest BCUT2D eigenvalue weighted by molar-refractivity contribution is -0.299. The van der Waals surface area contributed by atoms with Crippen LogP contribution in [0.2, 0.25) is 0 Å². The van der Waals surface area contributed by atoms with E-state index in [9.17, 15) is 40.5 Å². The first-order valence-electron chi connectivity index (χ1n) is 17.4. The van der Waals surface area contributed by atoms with E-state index in [4.69, 9.17) is 62.2 Å². The standard InChI is InChI=1S/C30H58N6O15/c31-2-1-14(39)15(40)6-11-5-12(33)25(49-28-13(34)7-16(41)18(47-28)9-36-3-4-37)27(21(11)42)51-30-24(45)26(19(10-38)48-30)50-29-20(35)23(44)22(43)17(8-32)46-29/h11-14,16-30,36-39,41-45H,1-10,31-35H2/t11-,12-,13+,14-,16-,17-,18+,19+,20+,21-,22+,23+,24+,25+,26+,27+,28+,29+,30-/m0/s1. The second kappa shape index (κ2) is 19.5. The van der Waals surface area contributed by atoms with Crippen molar-refractivity contribution in [1.82, 2.24) is 5.32 Å². The van der Waals surface area contributed by atoms with Crippen LogP contribution in [0, 0.1) is 5.92 Å². The molecular weight excluding hydrogens is 684 g/mol. The molecule has 21 heteroatoms. The Morgan fingerprint density at radius 3 is 2.06 bits per heavy atom.